The van der Waals surface area contributed by atoms with E-state index in [4.69, 9.17) is 4.74 Å². The maximum atomic E-state index is 12.8. The van der Waals surface area contributed by atoms with Crippen LogP contribution in [0, 0.1) is 20.8 Å². The first-order valence-corrected chi connectivity index (χ1v) is 11.3. The van der Waals surface area contributed by atoms with Crippen LogP contribution in [0.15, 0.2) is 23.1 Å². The molecule has 0 amide bonds. The highest BCUT2D eigenvalue weighted by Gasteiger charge is 2.27. The predicted octanol–water partition coefficient (Wildman–Crippen LogP) is 3.26. The second kappa shape index (κ2) is 9.15. The van der Waals surface area contributed by atoms with Gasteiger partial charge in [-0.25, -0.2) is 17.9 Å². The van der Waals surface area contributed by atoms with Crippen LogP contribution in [-0.4, -0.2) is 43.1 Å². The Morgan fingerprint density at radius 3 is 2.19 bits per heavy atom. The number of hydrogen-bond donors (Lipinski definition) is 2. The van der Waals surface area contributed by atoms with Gasteiger partial charge in [-0.3, -0.25) is 9.59 Å². The largest absolute Gasteiger partial charge is 0.451 e. The summed E-state index contributed by atoms with van der Waals surface area (Å²) in [4.78, 5) is 40.2. The van der Waals surface area contributed by atoms with Gasteiger partial charge in [0.05, 0.1) is 16.2 Å². The minimum Gasteiger partial charge on any atom is -0.451 e. The number of aromatic amines is 1. The monoisotopic (exact) mass is 448 g/mol. The molecule has 0 saturated heterocycles. The van der Waals surface area contributed by atoms with E-state index in [1.54, 1.807) is 34.6 Å². The van der Waals surface area contributed by atoms with Crippen molar-refractivity contribution in [1.29, 1.82) is 0 Å². The molecule has 31 heavy (non-hydrogen) atoms. The Kier molecular flexibility index (Phi) is 7.23. The maximum absolute atomic E-state index is 12.8. The fraction of sp³-hybridized carbons (Fsp3) is 0.409. The Hall–Kier alpha value is -2.78. The smallest absolute Gasteiger partial charge is 0.339 e. The molecule has 2 N–H and O–H groups in total. The van der Waals surface area contributed by atoms with E-state index in [9.17, 15) is 22.8 Å². The van der Waals surface area contributed by atoms with Crippen molar-refractivity contribution in [2.45, 2.75) is 65.5 Å². The molecule has 1 aromatic carbocycles. The summed E-state index contributed by atoms with van der Waals surface area (Å²) in [6.45, 7) is 11.2. The van der Waals surface area contributed by atoms with Crippen LogP contribution in [0.2, 0.25) is 0 Å². The number of sulfonamides is 1. The molecule has 0 bridgehead atoms. The van der Waals surface area contributed by atoms with E-state index in [1.807, 2.05) is 0 Å². The minimum absolute atomic E-state index is 0.0510. The number of carbonyl (C=O) groups excluding carboxylic acids is 3. The van der Waals surface area contributed by atoms with Crippen molar-refractivity contribution >= 4 is 27.6 Å². The molecule has 168 valence electrons. The van der Waals surface area contributed by atoms with Gasteiger partial charge in [0.25, 0.3) is 0 Å². The van der Waals surface area contributed by atoms with Crippen LogP contribution in [-0.2, 0) is 14.8 Å². The number of aromatic nitrogens is 1. The highest BCUT2D eigenvalue weighted by molar-refractivity contribution is 7.89. The molecule has 1 aromatic heterocycles. The Morgan fingerprint density at radius 1 is 1.06 bits per heavy atom. The average Bonchev–Trinajstić information content (AvgIpc) is 2.94. The third-order valence-corrected chi connectivity index (χ3v) is 6.48. The summed E-state index contributed by atoms with van der Waals surface area (Å²) in [5.41, 5.74) is 2.28. The average molecular weight is 449 g/mol. The molecule has 0 saturated carbocycles. The quantitative estimate of drug-likeness (QED) is 0.472. The summed E-state index contributed by atoms with van der Waals surface area (Å²) in [6.07, 6.45) is -1.14. The number of rotatable bonds is 8. The van der Waals surface area contributed by atoms with Crippen molar-refractivity contribution in [3.8, 4) is 0 Å². The molecule has 2 rings (SSSR count). The lowest BCUT2D eigenvalue weighted by atomic mass is 10.0. The number of esters is 1. The summed E-state index contributed by atoms with van der Waals surface area (Å²) in [7, 11) is -3.80. The Balaban J connectivity index is 2.29. The first-order valence-electron chi connectivity index (χ1n) is 9.84. The lowest BCUT2D eigenvalue weighted by molar-refractivity contribution is 0.0316. The summed E-state index contributed by atoms with van der Waals surface area (Å²) in [5.74, 6) is -1.46. The van der Waals surface area contributed by atoms with Crippen LogP contribution >= 0.6 is 0 Å². The highest BCUT2D eigenvalue weighted by atomic mass is 32.2. The second-order valence-electron chi connectivity index (χ2n) is 7.85. The summed E-state index contributed by atoms with van der Waals surface area (Å²) < 4.78 is 32.6. The molecular weight excluding hydrogens is 420 g/mol. The Morgan fingerprint density at radius 2 is 1.68 bits per heavy atom. The third-order valence-electron chi connectivity index (χ3n) is 4.82. The van der Waals surface area contributed by atoms with Crippen LogP contribution in [0.5, 0.6) is 0 Å². The molecule has 0 unspecified atom stereocenters. The van der Waals surface area contributed by atoms with Gasteiger partial charge in [-0.2, -0.15) is 0 Å². The van der Waals surface area contributed by atoms with Crippen molar-refractivity contribution < 1.29 is 27.5 Å². The number of aryl methyl sites for hydroxylation is 2. The topological polar surface area (TPSA) is 122 Å². The zero-order chi connectivity index (χ0) is 23.7. The standard InChI is InChI=1S/C22H28N2O6S/c1-11(2)24-31(28,29)17-9-8-12(3)18(10-17)22(27)30-16(7)21(26)20-13(4)19(15(6)25)14(5)23-20/h8-11,16,23-24H,1-7H3/t16-/m1/s1. The van der Waals surface area contributed by atoms with Crippen LogP contribution in [0.1, 0.15) is 75.7 Å². The Labute approximate surface area is 182 Å². The number of hydrogen-bond acceptors (Lipinski definition) is 6. The summed E-state index contributed by atoms with van der Waals surface area (Å²) >= 11 is 0. The summed E-state index contributed by atoms with van der Waals surface area (Å²) in [5, 5.41) is 0. The molecule has 2 aromatic rings. The number of ether oxygens (including phenoxy) is 1. The van der Waals surface area contributed by atoms with Crippen LogP contribution in [0.3, 0.4) is 0 Å². The zero-order valence-electron chi connectivity index (χ0n) is 18.7. The molecule has 1 atom stereocenters. The van der Waals surface area contributed by atoms with Crippen molar-refractivity contribution in [2.75, 3.05) is 0 Å². The summed E-state index contributed by atoms with van der Waals surface area (Å²) in [6, 6.07) is 3.83. The number of Topliss-reactive ketones (excluding diaryl/α,β-unsaturated/α-hetero) is 2. The fourth-order valence-electron chi connectivity index (χ4n) is 3.37. The van der Waals surface area contributed by atoms with Crippen LogP contribution in [0.25, 0.3) is 0 Å². The van der Waals surface area contributed by atoms with Gasteiger partial charge in [-0.15, -0.1) is 0 Å². The Bertz CT molecular complexity index is 1140. The van der Waals surface area contributed by atoms with E-state index < -0.39 is 27.9 Å². The molecule has 0 spiro atoms. The molecule has 0 aliphatic rings. The van der Waals surface area contributed by atoms with Crippen molar-refractivity contribution in [3.05, 3.63) is 51.8 Å². The molecule has 0 aliphatic carbocycles. The SMILES string of the molecule is CC(=O)c1c(C)[nH]c(C(=O)[C@@H](C)OC(=O)c2cc(S(=O)(=O)NC(C)C)ccc2C)c1C. The number of H-pyrrole nitrogens is 1. The van der Waals surface area contributed by atoms with Crippen LogP contribution < -0.4 is 4.72 Å². The lowest BCUT2D eigenvalue weighted by Gasteiger charge is -2.15. The van der Waals surface area contributed by atoms with E-state index in [0.29, 0.717) is 22.4 Å². The van der Waals surface area contributed by atoms with Gasteiger partial charge in [-0.05, 0) is 71.7 Å². The molecule has 0 radical (unpaired) electrons. The van der Waals surface area contributed by atoms with E-state index in [-0.39, 0.29) is 28.0 Å². The number of carbonyl (C=O) groups is 3. The van der Waals surface area contributed by atoms with Gasteiger partial charge in [0.1, 0.15) is 0 Å². The maximum Gasteiger partial charge on any atom is 0.339 e. The fourth-order valence-corrected chi connectivity index (χ4v) is 4.65. The van der Waals surface area contributed by atoms with Crippen molar-refractivity contribution in [1.82, 2.24) is 9.71 Å². The molecule has 9 heteroatoms. The van der Waals surface area contributed by atoms with Crippen molar-refractivity contribution in [3.63, 3.8) is 0 Å². The minimum atomic E-state index is -3.80. The van der Waals surface area contributed by atoms with Crippen molar-refractivity contribution in [2.24, 2.45) is 0 Å². The van der Waals surface area contributed by atoms with E-state index in [0.717, 1.165) is 0 Å². The van der Waals surface area contributed by atoms with Gasteiger partial charge in [0, 0.05) is 17.3 Å². The van der Waals surface area contributed by atoms with Crippen LogP contribution in [0.4, 0.5) is 0 Å². The third kappa shape index (κ3) is 5.29. The first-order chi connectivity index (χ1) is 14.3. The van der Waals surface area contributed by atoms with E-state index in [1.165, 1.54) is 32.0 Å². The van der Waals surface area contributed by atoms with Gasteiger partial charge >= 0.3 is 5.97 Å². The first kappa shape index (κ1) is 24.5. The van der Waals surface area contributed by atoms with Gasteiger partial charge in [-0.1, -0.05) is 6.07 Å². The van der Waals surface area contributed by atoms with Gasteiger partial charge in [0.2, 0.25) is 15.8 Å². The molecule has 1 heterocycles. The number of nitrogens with one attached hydrogen (secondary N) is 2. The normalized spacial score (nSPS) is 12.6. The number of ketones is 2. The molecule has 8 nitrogen and oxygen atoms in total. The zero-order valence-corrected chi connectivity index (χ0v) is 19.6. The second-order valence-corrected chi connectivity index (χ2v) is 9.56. The van der Waals surface area contributed by atoms with Gasteiger partial charge < -0.3 is 9.72 Å². The predicted molar refractivity (Wildman–Crippen MR) is 116 cm³/mol. The highest BCUT2D eigenvalue weighted by Crippen LogP contribution is 2.22. The molecular formula is C22H28N2O6S. The molecule has 0 fully saturated rings. The molecule has 0 aliphatic heterocycles. The van der Waals surface area contributed by atoms with E-state index in [2.05, 4.69) is 9.71 Å². The van der Waals surface area contributed by atoms with E-state index >= 15 is 0 Å². The van der Waals surface area contributed by atoms with Gasteiger partial charge in [0.15, 0.2) is 11.9 Å². The number of benzene rings is 1. The lowest BCUT2D eigenvalue weighted by Crippen LogP contribution is -2.30.